The summed E-state index contributed by atoms with van der Waals surface area (Å²) < 4.78 is 5.32. The highest BCUT2D eigenvalue weighted by atomic mass is 16.5. The van der Waals surface area contributed by atoms with Crippen molar-refractivity contribution >= 4 is 5.91 Å². The summed E-state index contributed by atoms with van der Waals surface area (Å²) in [5.41, 5.74) is 0. The normalized spacial score (nSPS) is 21.0. The van der Waals surface area contributed by atoms with Crippen LogP contribution in [0.25, 0.3) is 0 Å². The molecule has 1 aliphatic rings. The second kappa shape index (κ2) is 5.57. The molecule has 0 spiro atoms. The second-order valence-electron chi connectivity index (χ2n) is 2.91. The quantitative estimate of drug-likeness (QED) is 0.555. The van der Waals surface area contributed by atoms with Crippen LogP contribution in [-0.4, -0.2) is 38.3 Å². The molecule has 0 aromatic heterocycles. The molecule has 13 heavy (non-hydrogen) atoms. The van der Waals surface area contributed by atoms with Crippen LogP contribution < -0.4 is 10.6 Å². The lowest BCUT2D eigenvalue weighted by atomic mass is 10.3. The molecule has 0 aromatic rings. The first-order valence-corrected chi connectivity index (χ1v) is 4.35. The molecule has 1 atom stereocenters. The minimum Gasteiger partial charge on any atom is -0.367 e. The fourth-order valence-electron chi connectivity index (χ4n) is 1.16. The standard InChI is InChI=1S/C9H14N2O2/c1-2-4-11-9(12)7-13-8-3-5-10-6-8/h1,8,10H,3-7H2,(H,11,12). The summed E-state index contributed by atoms with van der Waals surface area (Å²) in [6, 6.07) is 0. The van der Waals surface area contributed by atoms with Crippen LogP contribution in [0.15, 0.2) is 0 Å². The lowest BCUT2D eigenvalue weighted by Gasteiger charge is -2.09. The molecule has 4 nitrogen and oxygen atoms in total. The van der Waals surface area contributed by atoms with Gasteiger partial charge in [0.05, 0.1) is 12.6 Å². The minimum absolute atomic E-state index is 0.105. The van der Waals surface area contributed by atoms with Crippen LogP contribution in [0.5, 0.6) is 0 Å². The Morgan fingerprint density at radius 3 is 3.23 bits per heavy atom. The number of hydrogen-bond donors (Lipinski definition) is 2. The zero-order chi connectivity index (χ0) is 9.52. The van der Waals surface area contributed by atoms with E-state index in [1.165, 1.54) is 0 Å². The highest BCUT2D eigenvalue weighted by molar-refractivity contribution is 5.77. The molecule has 2 N–H and O–H groups in total. The Kier molecular flexibility index (Phi) is 4.30. The van der Waals surface area contributed by atoms with Crippen LogP contribution in [0, 0.1) is 12.3 Å². The van der Waals surface area contributed by atoms with Crippen molar-refractivity contribution in [3.8, 4) is 12.3 Å². The van der Waals surface area contributed by atoms with Crippen LogP contribution in [0.3, 0.4) is 0 Å². The van der Waals surface area contributed by atoms with Crippen LogP contribution in [0.4, 0.5) is 0 Å². The van der Waals surface area contributed by atoms with Crippen molar-refractivity contribution in [3.05, 3.63) is 0 Å². The third-order valence-electron chi connectivity index (χ3n) is 1.85. The van der Waals surface area contributed by atoms with Gasteiger partial charge in [-0.05, 0) is 13.0 Å². The molecule has 72 valence electrons. The van der Waals surface area contributed by atoms with Gasteiger partial charge < -0.3 is 15.4 Å². The number of nitrogens with one attached hydrogen (secondary N) is 2. The molecule has 1 fully saturated rings. The summed E-state index contributed by atoms with van der Waals surface area (Å²) in [6.45, 7) is 2.18. The van der Waals surface area contributed by atoms with Crippen LogP contribution in [0.2, 0.25) is 0 Å². The first kappa shape index (κ1) is 10.0. The predicted octanol–water partition coefficient (Wildman–Crippen LogP) is -0.886. The van der Waals surface area contributed by atoms with Gasteiger partial charge in [0.15, 0.2) is 0 Å². The van der Waals surface area contributed by atoms with E-state index in [1.54, 1.807) is 0 Å². The number of hydrogen-bond acceptors (Lipinski definition) is 3. The number of carbonyl (C=O) groups is 1. The summed E-state index contributed by atoms with van der Waals surface area (Å²) in [5, 5.41) is 5.69. The van der Waals surface area contributed by atoms with E-state index < -0.39 is 0 Å². The van der Waals surface area contributed by atoms with E-state index in [-0.39, 0.29) is 25.2 Å². The molecule has 4 heteroatoms. The Bertz CT molecular complexity index is 204. The fraction of sp³-hybridized carbons (Fsp3) is 0.667. The third-order valence-corrected chi connectivity index (χ3v) is 1.85. The summed E-state index contributed by atoms with van der Waals surface area (Å²) in [5.74, 6) is 2.18. The smallest absolute Gasteiger partial charge is 0.246 e. The van der Waals surface area contributed by atoms with Crippen LogP contribution in [-0.2, 0) is 9.53 Å². The van der Waals surface area contributed by atoms with Crippen molar-refractivity contribution in [1.29, 1.82) is 0 Å². The second-order valence-corrected chi connectivity index (χ2v) is 2.91. The predicted molar refractivity (Wildman–Crippen MR) is 49.1 cm³/mol. The Balaban J connectivity index is 2.04. The molecular weight excluding hydrogens is 168 g/mol. The van der Waals surface area contributed by atoms with Crippen molar-refractivity contribution < 1.29 is 9.53 Å². The zero-order valence-electron chi connectivity index (χ0n) is 7.51. The number of amides is 1. The largest absolute Gasteiger partial charge is 0.367 e. The third kappa shape index (κ3) is 3.92. The topological polar surface area (TPSA) is 50.4 Å². The molecule has 1 amide bonds. The number of ether oxygens (including phenoxy) is 1. The van der Waals surface area contributed by atoms with Gasteiger partial charge in [-0.2, -0.15) is 0 Å². The lowest BCUT2D eigenvalue weighted by Crippen LogP contribution is -2.30. The molecule has 0 bridgehead atoms. The number of carbonyl (C=O) groups excluding carboxylic acids is 1. The fourth-order valence-corrected chi connectivity index (χ4v) is 1.16. The van der Waals surface area contributed by atoms with E-state index in [9.17, 15) is 4.79 Å². The van der Waals surface area contributed by atoms with Crippen LogP contribution >= 0.6 is 0 Å². The van der Waals surface area contributed by atoms with Crippen molar-refractivity contribution in [1.82, 2.24) is 10.6 Å². The molecule has 0 aromatic carbocycles. The Labute approximate surface area is 78.0 Å². The molecule has 0 aliphatic carbocycles. The van der Waals surface area contributed by atoms with E-state index in [1.807, 2.05) is 0 Å². The molecule has 1 saturated heterocycles. The SMILES string of the molecule is C#CCNC(=O)COC1CCNC1. The molecule has 0 saturated carbocycles. The Morgan fingerprint density at radius 2 is 2.62 bits per heavy atom. The van der Waals surface area contributed by atoms with E-state index >= 15 is 0 Å². The van der Waals surface area contributed by atoms with Crippen molar-refractivity contribution in [2.75, 3.05) is 26.2 Å². The van der Waals surface area contributed by atoms with E-state index in [0.29, 0.717) is 0 Å². The highest BCUT2D eigenvalue weighted by Gasteiger charge is 2.15. The summed E-state index contributed by atoms with van der Waals surface area (Å²) in [4.78, 5) is 11.0. The maximum atomic E-state index is 11.0. The maximum absolute atomic E-state index is 11.0. The van der Waals surface area contributed by atoms with Gasteiger partial charge in [0.25, 0.3) is 0 Å². The van der Waals surface area contributed by atoms with E-state index in [0.717, 1.165) is 19.5 Å². The average Bonchev–Trinajstić information content (AvgIpc) is 2.64. The zero-order valence-corrected chi connectivity index (χ0v) is 7.51. The number of rotatable bonds is 4. The van der Waals surface area contributed by atoms with Gasteiger partial charge in [-0.25, -0.2) is 0 Å². The van der Waals surface area contributed by atoms with Crippen molar-refractivity contribution in [2.45, 2.75) is 12.5 Å². The van der Waals surface area contributed by atoms with Gasteiger partial charge in [0.1, 0.15) is 6.61 Å². The lowest BCUT2D eigenvalue weighted by molar-refractivity contribution is -0.127. The Morgan fingerprint density at radius 1 is 1.77 bits per heavy atom. The summed E-state index contributed by atoms with van der Waals surface area (Å²) >= 11 is 0. The van der Waals surface area contributed by atoms with Gasteiger partial charge in [0.2, 0.25) is 5.91 Å². The van der Waals surface area contributed by atoms with Gasteiger partial charge in [-0.1, -0.05) is 5.92 Å². The number of terminal acetylenes is 1. The van der Waals surface area contributed by atoms with Crippen LogP contribution in [0.1, 0.15) is 6.42 Å². The van der Waals surface area contributed by atoms with Gasteiger partial charge >= 0.3 is 0 Å². The van der Waals surface area contributed by atoms with Crippen molar-refractivity contribution in [2.24, 2.45) is 0 Å². The van der Waals surface area contributed by atoms with Gasteiger partial charge in [-0.3, -0.25) is 4.79 Å². The van der Waals surface area contributed by atoms with Crippen molar-refractivity contribution in [3.63, 3.8) is 0 Å². The Hall–Kier alpha value is -1.05. The molecule has 1 unspecified atom stereocenters. The first-order chi connectivity index (χ1) is 6.33. The molecule has 1 aliphatic heterocycles. The maximum Gasteiger partial charge on any atom is 0.246 e. The minimum atomic E-state index is -0.148. The summed E-state index contributed by atoms with van der Waals surface area (Å²) in [6.07, 6.45) is 6.13. The van der Waals surface area contributed by atoms with Gasteiger partial charge in [0, 0.05) is 6.54 Å². The molecule has 1 rings (SSSR count). The highest BCUT2D eigenvalue weighted by Crippen LogP contribution is 2.01. The van der Waals surface area contributed by atoms with Gasteiger partial charge in [-0.15, -0.1) is 6.42 Å². The first-order valence-electron chi connectivity index (χ1n) is 4.35. The summed E-state index contributed by atoms with van der Waals surface area (Å²) in [7, 11) is 0. The molecular formula is C9H14N2O2. The van der Waals surface area contributed by atoms with E-state index in [4.69, 9.17) is 11.2 Å². The monoisotopic (exact) mass is 182 g/mol. The average molecular weight is 182 g/mol. The molecule has 0 radical (unpaired) electrons. The molecule has 1 heterocycles. The van der Waals surface area contributed by atoms with E-state index in [2.05, 4.69) is 16.6 Å².